The van der Waals surface area contributed by atoms with Gasteiger partial charge in [0.25, 0.3) is 0 Å². The number of hydrogen-bond acceptors (Lipinski definition) is 15. The van der Waals surface area contributed by atoms with Gasteiger partial charge in [0.1, 0.15) is 19.3 Å². The van der Waals surface area contributed by atoms with Gasteiger partial charge >= 0.3 is 39.5 Å². The normalized spacial score (nSPS) is 14.4. The third kappa shape index (κ3) is 72.3. The van der Waals surface area contributed by atoms with Crippen LogP contribution in [0.1, 0.15) is 336 Å². The smallest absolute Gasteiger partial charge is 0.462 e. The lowest BCUT2D eigenvalue weighted by atomic mass is 10.1. The maximum Gasteiger partial charge on any atom is 0.472 e. The van der Waals surface area contributed by atoms with E-state index in [-0.39, 0.29) is 25.7 Å². The third-order valence-electron chi connectivity index (χ3n) is 16.5. The first-order chi connectivity index (χ1) is 48.7. The molecule has 578 valence electrons. The summed E-state index contributed by atoms with van der Waals surface area (Å²) in [6.07, 6.45) is 76.8. The molecule has 100 heavy (non-hydrogen) atoms. The van der Waals surface area contributed by atoms with Crippen molar-refractivity contribution < 1.29 is 80.2 Å². The average Bonchev–Trinajstić information content (AvgIpc) is 0.960. The van der Waals surface area contributed by atoms with Crippen LogP contribution in [0.5, 0.6) is 0 Å². The van der Waals surface area contributed by atoms with Crippen molar-refractivity contribution in [1.82, 2.24) is 0 Å². The highest BCUT2D eigenvalue weighted by Crippen LogP contribution is 2.45. The maximum atomic E-state index is 13.1. The second-order valence-electron chi connectivity index (χ2n) is 26.3. The number of phosphoric ester groups is 2. The highest BCUT2D eigenvalue weighted by Gasteiger charge is 2.30. The molecule has 0 radical (unpaired) electrons. The van der Waals surface area contributed by atoms with E-state index in [1.165, 1.54) is 64.2 Å². The van der Waals surface area contributed by atoms with Crippen LogP contribution in [0, 0.1) is 0 Å². The second-order valence-corrected chi connectivity index (χ2v) is 29.2. The van der Waals surface area contributed by atoms with E-state index in [2.05, 4.69) is 125 Å². The molecule has 0 aliphatic carbocycles. The molecule has 0 saturated heterocycles. The quantitative estimate of drug-likeness (QED) is 0.0169. The number of unbranched alkanes of at least 4 members (excludes halogenated alkanes) is 32. The molecule has 0 heterocycles. The fourth-order valence-corrected chi connectivity index (χ4v) is 12.0. The van der Waals surface area contributed by atoms with Crippen LogP contribution in [0.15, 0.2) is 97.2 Å². The fraction of sp³-hybridized carbons (Fsp3) is 0.753. The first-order valence-electron chi connectivity index (χ1n) is 39.5. The van der Waals surface area contributed by atoms with Crippen molar-refractivity contribution in [3.63, 3.8) is 0 Å². The number of aliphatic hydroxyl groups is 1. The van der Waals surface area contributed by atoms with Gasteiger partial charge < -0.3 is 33.8 Å². The van der Waals surface area contributed by atoms with Crippen LogP contribution in [0.3, 0.4) is 0 Å². The number of rotatable bonds is 74. The monoisotopic (exact) mass is 1450 g/mol. The van der Waals surface area contributed by atoms with Crippen LogP contribution in [-0.4, -0.2) is 96.7 Å². The molecule has 0 aromatic carbocycles. The summed E-state index contributed by atoms with van der Waals surface area (Å²) in [6, 6.07) is 0. The number of aliphatic hydroxyl groups excluding tert-OH is 1. The van der Waals surface area contributed by atoms with Gasteiger partial charge in [-0.05, 0) is 141 Å². The number of hydrogen-bond donors (Lipinski definition) is 3. The van der Waals surface area contributed by atoms with E-state index in [9.17, 15) is 43.2 Å². The summed E-state index contributed by atoms with van der Waals surface area (Å²) in [5.74, 6) is -2.21. The number of ether oxygens (including phenoxy) is 4. The molecule has 0 fully saturated rings. The standard InChI is InChI=1S/C81H142O17P2/c1-5-9-13-17-21-25-29-31-33-35-37-39-41-43-47-50-54-58-62-66-79(84)92-72-77(98-81(86)68-64-60-56-52-48-44-42-40-38-36-34-32-30-26-22-18-14-10-6-2)74-96-100(89,90)94-70-75(82)69-93-99(87,88)95-73-76(97-80(85)67-63-59-55-51-46-28-24-20-16-12-8-4)71-91-78(83)65-61-57-53-49-45-27-23-19-15-11-7-3/h19-26,31-34,37-40,75-77,82H,5-18,27-30,35-36,41-74H2,1-4H3,(H,87,88)(H,89,90)/b23-19-,24-20-,25-21-,26-22-,33-31-,34-32-,39-37-,40-38-. The first-order valence-corrected chi connectivity index (χ1v) is 42.5. The lowest BCUT2D eigenvalue weighted by Gasteiger charge is -2.21. The molecule has 3 N–H and O–H groups in total. The highest BCUT2D eigenvalue weighted by molar-refractivity contribution is 7.47. The number of carbonyl (C=O) groups is 4. The zero-order valence-electron chi connectivity index (χ0n) is 63.1. The molecule has 0 spiro atoms. The fourth-order valence-electron chi connectivity index (χ4n) is 10.4. The van der Waals surface area contributed by atoms with Gasteiger partial charge in [0.15, 0.2) is 12.2 Å². The molecule has 5 unspecified atom stereocenters. The molecule has 0 aliphatic heterocycles. The molecular weight excluding hydrogens is 1310 g/mol. The minimum Gasteiger partial charge on any atom is -0.462 e. The van der Waals surface area contributed by atoms with E-state index in [1.807, 2.05) is 0 Å². The predicted octanol–water partition coefficient (Wildman–Crippen LogP) is 22.8. The minimum absolute atomic E-state index is 0.0771. The van der Waals surface area contributed by atoms with Crippen molar-refractivity contribution in [2.75, 3.05) is 39.6 Å². The number of carbonyl (C=O) groups excluding carboxylic acids is 4. The number of phosphoric acid groups is 2. The van der Waals surface area contributed by atoms with E-state index < -0.39 is 97.5 Å². The van der Waals surface area contributed by atoms with Crippen molar-refractivity contribution in [3.05, 3.63) is 97.2 Å². The molecule has 0 aromatic rings. The average molecular weight is 1450 g/mol. The molecule has 0 aromatic heterocycles. The summed E-state index contributed by atoms with van der Waals surface area (Å²) >= 11 is 0. The Labute approximate surface area is 607 Å². The second kappa shape index (κ2) is 73.3. The Morgan fingerprint density at radius 3 is 0.790 bits per heavy atom. The third-order valence-corrected chi connectivity index (χ3v) is 18.4. The predicted molar refractivity (Wildman–Crippen MR) is 409 cm³/mol. The lowest BCUT2D eigenvalue weighted by molar-refractivity contribution is -0.161. The Balaban J connectivity index is 5.34. The van der Waals surface area contributed by atoms with Crippen molar-refractivity contribution in [2.45, 2.75) is 354 Å². The topological polar surface area (TPSA) is 237 Å². The summed E-state index contributed by atoms with van der Waals surface area (Å²) in [5.41, 5.74) is 0. The van der Waals surface area contributed by atoms with E-state index in [0.717, 1.165) is 193 Å². The summed E-state index contributed by atoms with van der Waals surface area (Å²) in [6.45, 7) is 4.72. The van der Waals surface area contributed by atoms with E-state index >= 15 is 0 Å². The lowest BCUT2D eigenvalue weighted by Crippen LogP contribution is -2.30. The van der Waals surface area contributed by atoms with Crippen LogP contribution in [0.2, 0.25) is 0 Å². The van der Waals surface area contributed by atoms with Gasteiger partial charge in [0.2, 0.25) is 0 Å². The molecule has 0 bridgehead atoms. The summed E-state index contributed by atoms with van der Waals surface area (Å²) < 4.78 is 68.5. The minimum atomic E-state index is -4.98. The first kappa shape index (κ1) is 96.0. The van der Waals surface area contributed by atoms with Crippen LogP contribution in [0.25, 0.3) is 0 Å². The van der Waals surface area contributed by atoms with E-state index in [0.29, 0.717) is 25.7 Å². The van der Waals surface area contributed by atoms with Crippen LogP contribution < -0.4 is 0 Å². The van der Waals surface area contributed by atoms with E-state index in [4.69, 9.17) is 37.0 Å². The van der Waals surface area contributed by atoms with Crippen LogP contribution in [-0.2, 0) is 65.4 Å². The number of allylic oxidation sites excluding steroid dienone is 16. The van der Waals surface area contributed by atoms with Gasteiger partial charge in [0.05, 0.1) is 26.4 Å². The van der Waals surface area contributed by atoms with Gasteiger partial charge in [-0.25, -0.2) is 9.13 Å². The Bertz CT molecular complexity index is 2270. The molecule has 0 saturated carbocycles. The van der Waals surface area contributed by atoms with Crippen LogP contribution >= 0.6 is 15.6 Å². The summed E-state index contributed by atoms with van der Waals surface area (Å²) in [5, 5.41) is 10.6. The molecule has 0 aliphatic rings. The van der Waals surface area contributed by atoms with Crippen molar-refractivity contribution in [1.29, 1.82) is 0 Å². The zero-order chi connectivity index (χ0) is 73.2. The van der Waals surface area contributed by atoms with Crippen molar-refractivity contribution in [3.8, 4) is 0 Å². The highest BCUT2D eigenvalue weighted by atomic mass is 31.2. The Kier molecular flexibility index (Phi) is 70.4. The van der Waals surface area contributed by atoms with E-state index in [1.54, 1.807) is 0 Å². The van der Waals surface area contributed by atoms with Gasteiger partial charge in [-0.2, -0.15) is 0 Å². The Morgan fingerprint density at radius 2 is 0.500 bits per heavy atom. The van der Waals surface area contributed by atoms with Gasteiger partial charge in [-0.1, -0.05) is 266 Å². The van der Waals surface area contributed by atoms with Crippen molar-refractivity contribution in [2.24, 2.45) is 0 Å². The Morgan fingerprint density at radius 1 is 0.280 bits per heavy atom. The number of esters is 4. The summed E-state index contributed by atoms with van der Waals surface area (Å²) in [7, 11) is -9.96. The Hall–Kier alpha value is -4.02. The maximum absolute atomic E-state index is 13.1. The summed E-state index contributed by atoms with van der Waals surface area (Å²) in [4.78, 5) is 72.8. The molecule has 17 nitrogen and oxygen atoms in total. The molecule has 0 amide bonds. The SMILES string of the molecule is CCCC/C=C\CCCCCCCC(=O)OCC(COP(=O)(O)OCC(O)COP(=O)(O)OCC(COC(=O)CCCCCCCC/C=C\C/C=C\C/C=C\CCCCC)OC(=O)CCCCCCCC/C=C\C/C=C\C/C=C\CCCCC)OC(=O)CCCCCCC/C=C\CCCC. The van der Waals surface area contributed by atoms with Crippen molar-refractivity contribution >= 4 is 39.5 Å². The van der Waals surface area contributed by atoms with Gasteiger partial charge in [-0.3, -0.25) is 37.3 Å². The largest absolute Gasteiger partial charge is 0.472 e. The molecular formula is C81H142O17P2. The molecule has 19 heteroatoms. The van der Waals surface area contributed by atoms with Gasteiger partial charge in [-0.15, -0.1) is 0 Å². The zero-order valence-corrected chi connectivity index (χ0v) is 64.9. The van der Waals surface area contributed by atoms with Gasteiger partial charge in [0, 0.05) is 25.7 Å². The van der Waals surface area contributed by atoms with Crippen LogP contribution in [0.4, 0.5) is 0 Å². The molecule has 0 rings (SSSR count). The molecule has 5 atom stereocenters.